The fourth-order valence-corrected chi connectivity index (χ4v) is 1.29. The fourth-order valence-electron chi connectivity index (χ4n) is 1.03. The lowest BCUT2D eigenvalue weighted by Crippen LogP contribution is -2.33. The molecule has 86 valence electrons. The van der Waals surface area contributed by atoms with Gasteiger partial charge in [-0.05, 0) is 5.56 Å². The fraction of sp³-hybridized carbons (Fsp3) is 0.273. The summed E-state index contributed by atoms with van der Waals surface area (Å²) in [5.41, 5.74) is 0.857. The van der Waals surface area contributed by atoms with E-state index in [-0.39, 0.29) is 13.0 Å². The van der Waals surface area contributed by atoms with Gasteiger partial charge < -0.3 is 14.6 Å². The molecule has 0 amide bonds. The Morgan fingerprint density at radius 3 is 2.50 bits per heavy atom. The number of carbonyl (C=O) groups excluding carboxylic acids is 2. The van der Waals surface area contributed by atoms with Crippen LogP contribution in [0.15, 0.2) is 30.3 Å². The number of alkyl halides is 1. The summed E-state index contributed by atoms with van der Waals surface area (Å²) in [6, 6.07) is 9.15. The summed E-state index contributed by atoms with van der Waals surface area (Å²) in [4.78, 5) is 20.5. The monoisotopic (exact) mass is 285 g/mol. The number of carboxylic acid groups (broad SMARTS) is 1. The minimum atomic E-state index is -1.32. The third-order valence-electron chi connectivity index (χ3n) is 1.84. The topological polar surface area (TPSA) is 66.4 Å². The van der Waals surface area contributed by atoms with Crippen molar-refractivity contribution in [3.8, 4) is 0 Å². The van der Waals surface area contributed by atoms with Crippen molar-refractivity contribution in [3.63, 3.8) is 0 Å². The second-order valence-electron chi connectivity index (χ2n) is 3.14. The van der Waals surface area contributed by atoms with Crippen molar-refractivity contribution in [2.75, 3.05) is 0 Å². The molecule has 0 aromatic heterocycles. The highest BCUT2D eigenvalue weighted by atomic mass is 79.9. The van der Waals surface area contributed by atoms with E-state index >= 15 is 0 Å². The maximum atomic E-state index is 11.2. The first kappa shape index (κ1) is 12.7. The summed E-state index contributed by atoms with van der Waals surface area (Å²) < 4.78 is 4.89. The highest BCUT2D eigenvalue weighted by Crippen LogP contribution is 2.07. The lowest BCUT2D eigenvalue weighted by molar-refractivity contribution is -0.304. The van der Waals surface area contributed by atoms with E-state index in [0.717, 1.165) is 5.56 Å². The Morgan fingerprint density at radius 1 is 1.31 bits per heavy atom. The Labute approximate surface area is 101 Å². The minimum absolute atomic E-state index is 0.145. The Morgan fingerprint density at radius 2 is 1.94 bits per heavy atom. The number of halogens is 1. The lowest BCUT2D eigenvalue weighted by atomic mass is 10.2. The van der Waals surface area contributed by atoms with Crippen LogP contribution in [0.25, 0.3) is 0 Å². The summed E-state index contributed by atoms with van der Waals surface area (Å²) in [7, 11) is 0. The number of hydrogen-bond acceptors (Lipinski definition) is 4. The first-order chi connectivity index (χ1) is 7.59. The quantitative estimate of drug-likeness (QED) is 0.588. The van der Waals surface area contributed by atoms with Crippen molar-refractivity contribution in [1.29, 1.82) is 0 Å². The molecule has 5 heteroatoms. The van der Waals surface area contributed by atoms with E-state index < -0.39 is 16.8 Å². The molecule has 1 aromatic rings. The van der Waals surface area contributed by atoms with Crippen LogP contribution in [0.1, 0.15) is 12.0 Å². The van der Waals surface area contributed by atoms with Gasteiger partial charge >= 0.3 is 5.97 Å². The summed E-state index contributed by atoms with van der Waals surface area (Å²) >= 11 is 2.81. The molecule has 0 bridgehead atoms. The highest BCUT2D eigenvalue weighted by molar-refractivity contribution is 9.10. The van der Waals surface area contributed by atoms with Crippen molar-refractivity contribution >= 4 is 27.9 Å². The van der Waals surface area contributed by atoms with Gasteiger partial charge in [-0.15, -0.1) is 0 Å². The average Bonchev–Trinajstić information content (AvgIpc) is 2.27. The van der Waals surface area contributed by atoms with Gasteiger partial charge in [0.2, 0.25) is 0 Å². The standard InChI is InChI=1S/C11H11BrO4/c12-9(11(14)15)6-10(13)16-7-8-4-2-1-3-5-8/h1-5,9H,6-7H2,(H,14,15)/p-1/t9-/m0/s1. The summed E-state index contributed by atoms with van der Waals surface area (Å²) in [5.74, 6) is -1.90. The maximum Gasteiger partial charge on any atom is 0.307 e. The number of carboxylic acids is 1. The molecule has 0 aliphatic rings. The van der Waals surface area contributed by atoms with Gasteiger partial charge in [-0.2, -0.15) is 0 Å². The second kappa shape index (κ2) is 6.27. The molecule has 0 aliphatic heterocycles. The molecule has 1 aromatic carbocycles. The Kier molecular flexibility index (Phi) is 4.98. The number of aliphatic carboxylic acids is 1. The highest BCUT2D eigenvalue weighted by Gasteiger charge is 2.12. The Bertz CT molecular complexity index is 364. The molecule has 0 radical (unpaired) electrons. The number of esters is 1. The van der Waals surface area contributed by atoms with E-state index in [9.17, 15) is 14.7 Å². The van der Waals surface area contributed by atoms with Gasteiger partial charge in [-0.3, -0.25) is 4.79 Å². The predicted octanol–water partition coefficient (Wildman–Crippen LogP) is 0.633. The van der Waals surface area contributed by atoms with Crippen molar-refractivity contribution in [2.45, 2.75) is 17.9 Å². The van der Waals surface area contributed by atoms with Crippen molar-refractivity contribution in [1.82, 2.24) is 0 Å². The zero-order valence-electron chi connectivity index (χ0n) is 8.39. The molecule has 0 saturated heterocycles. The van der Waals surface area contributed by atoms with E-state index in [2.05, 4.69) is 15.9 Å². The van der Waals surface area contributed by atoms with Gasteiger partial charge in [0.05, 0.1) is 17.2 Å². The largest absolute Gasteiger partial charge is 0.549 e. The van der Waals surface area contributed by atoms with Gasteiger partial charge in [0.1, 0.15) is 6.61 Å². The molecule has 16 heavy (non-hydrogen) atoms. The second-order valence-corrected chi connectivity index (χ2v) is 4.24. The van der Waals surface area contributed by atoms with Crippen LogP contribution in [0.3, 0.4) is 0 Å². The lowest BCUT2D eigenvalue weighted by Gasteiger charge is -2.10. The van der Waals surface area contributed by atoms with Gasteiger partial charge in [-0.25, -0.2) is 0 Å². The van der Waals surface area contributed by atoms with Crippen LogP contribution in [-0.2, 0) is 20.9 Å². The number of benzene rings is 1. The first-order valence-electron chi connectivity index (χ1n) is 4.64. The van der Waals surface area contributed by atoms with Crippen LogP contribution in [0, 0.1) is 0 Å². The van der Waals surface area contributed by atoms with Crippen LogP contribution in [0.2, 0.25) is 0 Å². The molecule has 0 N–H and O–H groups in total. The summed E-state index contributed by atoms with van der Waals surface area (Å²) in [5, 5.41) is 10.3. The number of rotatable bonds is 5. The van der Waals surface area contributed by atoms with E-state index in [1.807, 2.05) is 30.3 Å². The van der Waals surface area contributed by atoms with Gasteiger partial charge in [0.15, 0.2) is 0 Å². The smallest absolute Gasteiger partial charge is 0.307 e. The van der Waals surface area contributed by atoms with E-state index in [0.29, 0.717) is 0 Å². The normalized spacial score (nSPS) is 11.8. The van der Waals surface area contributed by atoms with E-state index in [1.165, 1.54) is 0 Å². The van der Waals surface area contributed by atoms with Gasteiger partial charge in [0, 0.05) is 0 Å². The maximum absolute atomic E-state index is 11.2. The van der Waals surface area contributed by atoms with Gasteiger partial charge in [0.25, 0.3) is 0 Å². The van der Waals surface area contributed by atoms with Crippen molar-refractivity contribution < 1.29 is 19.4 Å². The van der Waals surface area contributed by atoms with Crippen molar-refractivity contribution in [3.05, 3.63) is 35.9 Å². The molecule has 4 nitrogen and oxygen atoms in total. The number of hydrogen-bond donors (Lipinski definition) is 0. The Balaban J connectivity index is 2.33. The van der Waals surface area contributed by atoms with E-state index in [4.69, 9.17) is 4.74 Å². The van der Waals surface area contributed by atoms with Crippen molar-refractivity contribution in [2.24, 2.45) is 0 Å². The molecule has 0 saturated carbocycles. The summed E-state index contributed by atoms with van der Waals surface area (Å²) in [6.07, 6.45) is -0.241. The number of carbonyl (C=O) groups is 2. The molecule has 1 rings (SSSR count). The van der Waals surface area contributed by atoms with E-state index in [1.54, 1.807) is 0 Å². The third kappa shape index (κ3) is 4.44. The van der Waals surface area contributed by atoms with Crippen LogP contribution in [0.5, 0.6) is 0 Å². The molecule has 0 spiro atoms. The molecular formula is C11H10BrO4-. The van der Waals surface area contributed by atoms with Gasteiger partial charge in [-0.1, -0.05) is 46.3 Å². The minimum Gasteiger partial charge on any atom is -0.549 e. The number of ether oxygens (including phenoxy) is 1. The molecule has 0 unspecified atom stereocenters. The predicted molar refractivity (Wildman–Crippen MR) is 58.6 cm³/mol. The van der Waals surface area contributed by atoms with Crippen LogP contribution in [0.4, 0.5) is 0 Å². The van der Waals surface area contributed by atoms with Crippen LogP contribution >= 0.6 is 15.9 Å². The zero-order valence-corrected chi connectivity index (χ0v) is 9.98. The first-order valence-corrected chi connectivity index (χ1v) is 5.55. The average molecular weight is 286 g/mol. The molecule has 0 fully saturated rings. The summed E-state index contributed by atoms with van der Waals surface area (Å²) in [6.45, 7) is 0.145. The Hall–Kier alpha value is -1.36. The third-order valence-corrected chi connectivity index (χ3v) is 2.54. The zero-order chi connectivity index (χ0) is 12.0. The SMILES string of the molecule is O=C(C[C@H](Br)C(=O)[O-])OCc1ccccc1. The molecule has 0 aliphatic carbocycles. The molecular weight excluding hydrogens is 276 g/mol. The van der Waals surface area contributed by atoms with Crippen LogP contribution < -0.4 is 5.11 Å². The molecule has 1 atom stereocenters. The van der Waals surface area contributed by atoms with Crippen LogP contribution in [-0.4, -0.2) is 16.8 Å². The molecule has 0 heterocycles.